The molecular weight excluding hydrogens is 298 g/mol. The third-order valence-electron chi connectivity index (χ3n) is 4.75. The average Bonchev–Trinajstić information content (AvgIpc) is 3.23. The van der Waals surface area contributed by atoms with E-state index in [-0.39, 0.29) is 0 Å². The largest absolute Gasteiger partial charge is 0.332 e. The molecule has 3 aromatic rings. The van der Waals surface area contributed by atoms with E-state index in [0.717, 1.165) is 25.5 Å². The molecule has 0 saturated heterocycles. The summed E-state index contributed by atoms with van der Waals surface area (Å²) in [6.07, 6.45) is 5.89. The van der Waals surface area contributed by atoms with Gasteiger partial charge in [0.2, 0.25) is 0 Å². The maximum Gasteiger partial charge on any atom is 0.122 e. The quantitative estimate of drug-likeness (QED) is 0.739. The highest BCUT2D eigenvalue weighted by Gasteiger charge is 2.28. The molecule has 0 bridgehead atoms. The minimum atomic E-state index is 0.350. The first-order valence-corrected chi connectivity index (χ1v) is 8.54. The van der Waals surface area contributed by atoms with Crippen molar-refractivity contribution in [1.29, 1.82) is 0 Å². The zero-order valence-electron chi connectivity index (χ0n) is 14.2. The van der Waals surface area contributed by atoms with E-state index < -0.39 is 0 Å². The molecular formula is C19H23N5. The predicted molar refractivity (Wildman–Crippen MR) is 93.3 cm³/mol. The minimum Gasteiger partial charge on any atom is -0.332 e. The van der Waals surface area contributed by atoms with Crippen LogP contribution in [0.25, 0.3) is 0 Å². The van der Waals surface area contributed by atoms with Gasteiger partial charge >= 0.3 is 0 Å². The van der Waals surface area contributed by atoms with E-state index in [9.17, 15) is 0 Å². The number of aromatic nitrogens is 4. The Morgan fingerprint density at radius 3 is 2.75 bits per heavy atom. The first-order chi connectivity index (χ1) is 11.7. The minimum absolute atomic E-state index is 0.350. The Morgan fingerprint density at radius 2 is 1.96 bits per heavy atom. The molecule has 0 radical (unpaired) electrons. The van der Waals surface area contributed by atoms with Crippen molar-refractivity contribution in [1.82, 2.24) is 24.2 Å². The molecule has 0 saturated carbocycles. The van der Waals surface area contributed by atoms with Gasteiger partial charge in [-0.2, -0.15) is 5.10 Å². The molecule has 24 heavy (non-hydrogen) atoms. The number of hydrogen-bond acceptors (Lipinski definition) is 3. The van der Waals surface area contributed by atoms with Gasteiger partial charge in [0.05, 0.1) is 18.3 Å². The molecule has 0 amide bonds. The molecule has 1 aliphatic rings. The van der Waals surface area contributed by atoms with E-state index in [1.54, 1.807) is 0 Å². The zero-order chi connectivity index (χ0) is 16.5. The lowest BCUT2D eigenvalue weighted by molar-refractivity contribution is 0.124. The van der Waals surface area contributed by atoms with Crippen molar-refractivity contribution in [2.75, 3.05) is 0 Å². The van der Waals surface area contributed by atoms with Gasteiger partial charge in [0, 0.05) is 37.7 Å². The first kappa shape index (κ1) is 15.1. The predicted octanol–water partition coefficient (Wildman–Crippen LogP) is 3.42. The normalized spacial score (nSPS) is 18.0. The molecule has 2 aromatic heterocycles. The topological polar surface area (TPSA) is 38.9 Å². The molecule has 1 atom stereocenters. The van der Waals surface area contributed by atoms with Crippen LogP contribution in [-0.2, 0) is 19.6 Å². The molecule has 1 unspecified atom stereocenters. The Morgan fingerprint density at radius 1 is 1.12 bits per heavy atom. The van der Waals surface area contributed by atoms with E-state index in [1.165, 1.54) is 11.3 Å². The van der Waals surface area contributed by atoms with E-state index in [1.807, 2.05) is 12.4 Å². The summed E-state index contributed by atoms with van der Waals surface area (Å²) in [4.78, 5) is 7.03. The van der Waals surface area contributed by atoms with Crippen molar-refractivity contribution in [2.24, 2.45) is 0 Å². The van der Waals surface area contributed by atoms with E-state index in [2.05, 4.69) is 80.7 Å². The monoisotopic (exact) mass is 321 g/mol. The second kappa shape index (κ2) is 6.24. The van der Waals surface area contributed by atoms with E-state index >= 15 is 0 Å². The summed E-state index contributed by atoms with van der Waals surface area (Å²) in [5, 5.41) is 4.48. The maximum absolute atomic E-state index is 4.52. The summed E-state index contributed by atoms with van der Waals surface area (Å²) < 4.78 is 4.39. The highest BCUT2D eigenvalue weighted by molar-refractivity contribution is 5.21. The van der Waals surface area contributed by atoms with E-state index in [0.29, 0.717) is 12.1 Å². The molecule has 1 aliphatic heterocycles. The van der Waals surface area contributed by atoms with Crippen LogP contribution in [-0.4, -0.2) is 24.2 Å². The molecule has 5 nitrogen and oxygen atoms in total. The van der Waals surface area contributed by atoms with E-state index in [4.69, 9.17) is 0 Å². The van der Waals surface area contributed by atoms with Gasteiger partial charge in [-0.15, -0.1) is 0 Å². The van der Waals surface area contributed by atoms with Gasteiger partial charge in [0.1, 0.15) is 5.82 Å². The summed E-state index contributed by atoms with van der Waals surface area (Å²) >= 11 is 0. The Hall–Kier alpha value is -2.40. The van der Waals surface area contributed by atoms with Crippen LogP contribution in [0.3, 0.4) is 0 Å². The number of imidazole rings is 1. The molecule has 1 aromatic carbocycles. The van der Waals surface area contributed by atoms with Crippen LogP contribution in [0, 0.1) is 0 Å². The fourth-order valence-corrected chi connectivity index (χ4v) is 3.55. The Balaban J connectivity index is 1.67. The van der Waals surface area contributed by atoms with Crippen molar-refractivity contribution >= 4 is 0 Å². The lowest BCUT2D eigenvalue weighted by atomic mass is 10.0. The van der Waals surface area contributed by atoms with Crippen LogP contribution in [0.15, 0.2) is 55.0 Å². The Bertz CT molecular complexity index is 802. The number of hydrogen-bond donors (Lipinski definition) is 0. The third-order valence-corrected chi connectivity index (χ3v) is 4.75. The highest BCUT2D eigenvalue weighted by atomic mass is 15.3. The Labute approximate surface area is 142 Å². The van der Waals surface area contributed by atoms with Gasteiger partial charge in [0.15, 0.2) is 0 Å². The number of rotatable bonds is 4. The molecule has 124 valence electrons. The van der Waals surface area contributed by atoms with Gasteiger partial charge in [0.25, 0.3) is 0 Å². The summed E-state index contributed by atoms with van der Waals surface area (Å²) in [7, 11) is 0. The second-order valence-corrected chi connectivity index (χ2v) is 6.69. The van der Waals surface area contributed by atoms with Gasteiger partial charge in [-0.1, -0.05) is 30.3 Å². The number of fused-ring (bicyclic) bond motifs is 1. The molecule has 4 rings (SSSR count). The van der Waals surface area contributed by atoms with Gasteiger partial charge < -0.3 is 4.57 Å². The molecule has 0 aliphatic carbocycles. The highest BCUT2D eigenvalue weighted by Crippen LogP contribution is 2.30. The number of benzene rings is 1. The van der Waals surface area contributed by atoms with Crippen LogP contribution in [0.5, 0.6) is 0 Å². The molecule has 3 heterocycles. The fraction of sp³-hybridized carbons (Fsp3) is 0.368. The molecule has 0 N–H and O–H groups in total. The van der Waals surface area contributed by atoms with Crippen molar-refractivity contribution in [3.05, 3.63) is 72.1 Å². The maximum atomic E-state index is 4.52. The molecule has 0 spiro atoms. The summed E-state index contributed by atoms with van der Waals surface area (Å²) in [5.41, 5.74) is 2.61. The second-order valence-electron chi connectivity index (χ2n) is 6.69. The van der Waals surface area contributed by atoms with Crippen molar-refractivity contribution in [3.8, 4) is 0 Å². The van der Waals surface area contributed by atoms with Crippen molar-refractivity contribution in [2.45, 2.75) is 45.6 Å². The van der Waals surface area contributed by atoms with Crippen LogP contribution < -0.4 is 0 Å². The van der Waals surface area contributed by atoms with Gasteiger partial charge in [-0.3, -0.25) is 9.58 Å². The molecule has 0 fully saturated rings. The summed E-state index contributed by atoms with van der Waals surface area (Å²) in [6, 6.07) is 13.6. The lowest BCUT2D eigenvalue weighted by Crippen LogP contribution is -2.37. The lowest BCUT2D eigenvalue weighted by Gasteiger charge is -2.36. The standard InChI is InChI=1S/C19H23N5/c1-15(2)24-17(8-9-21-24)12-23-14-19-20-10-11-22(19)13-18(23)16-6-4-3-5-7-16/h3-11,15,18H,12-14H2,1-2H3. The summed E-state index contributed by atoms with van der Waals surface area (Å²) in [5.74, 6) is 1.14. The van der Waals surface area contributed by atoms with Crippen LogP contribution in [0.4, 0.5) is 0 Å². The van der Waals surface area contributed by atoms with Crippen LogP contribution >= 0.6 is 0 Å². The van der Waals surface area contributed by atoms with Crippen LogP contribution in [0.2, 0.25) is 0 Å². The smallest absolute Gasteiger partial charge is 0.122 e. The average molecular weight is 321 g/mol. The SMILES string of the molecule is CC(C)n1nccc1CN1Cc2nccn2CC1c1ccccc1. The molecule has 5 heteroatoms. The third kappa shape index (κ3) is 2.76. The van der Waals surface area contributed by atoms with Crippen molar-refractivity contribution in [3.63, 3.8) is 0 Å². The number of nitrogens with zero attached hydrogens (tertiary/aromatic N) is 5. The van der Waals surface area contributed by atoms with Crippen LogP contribution in [0.1, 0.15) is 43.0 Å². The first-order valence-electron chi connectivity index (χ1n) is 8.54. The fourth-order valence-electron chi connectivity index (χ4n) is 3.55. The summed E-state index contributed by atoms with van der Waals surface area (Å²) in [6.45, 7) is 7.03. The van der Waals surface area contributed by atoms with Crippen molar-refractivity contribution < 1.29 is 0 Å². The van der Waals surface area contributed by atoms with Gasteiger partial charge in [-0.25, -0.2) is 4.98 Å². The Kier molecular flexibility index (Phi) is 3.94. The zero-order valence-corrected chi connectivity index (χ0v) is 14.2. The van der Waals surface area contributed by atoms with Gasteiger partial charge in [-0.05, 0) is 25.5 Å².